The van der Waals surface area contributed by atoms with Gasteiger partial charge in [0, 0.05) is 19.8 Å². The highest BCUT2D eigenvalue weighted by atomic mass is 16.5. The first kappa shape index (κ1) is 16.2. The van der Waals surface area contributed by atoms with Gasteiger partial charge in [0.05, 0.1) is 11.5 Å². The van der Waals surface area contributed by atoms with Gasteiger partial charge in [-0.1, -0.05) is 36.8 Å². The predicted molar refractivity (Wildman–Crippen MR) is 90.7 cm³/mol. The minimum Gasteiger partial charge on any atom is -0.381 e. The van der Waals surface area contributed by atoms with E-state index in [2.05, 4.69) is 33.0 Å². The van der Waals surface area contributed by atoms with E-state index in [1.807, 2.05) is 18.2 Å². The number of aryl methyl sites for hydroxylation is 1. The van der Waals surface area contributed by atoms with Gasteiger partial charge in [-0.15, -0.1) is 5.10 Å². The first-order valence-corrected chi connectivity index (χ1v) is 9.00. The molecular formula is C18H23N5O2. The van der Waals surface area contributed by atoms with Crippen molar-refractivity contribution in [3.63, 3.8) is 0 Å². The lowest BCUT2D eigenvalue weighted by Crippen LogP contribution is -2.51. The van der Waals surface area contributed by atoms with Crippen LogP contribution < -0.4 is 5.32 Å². The average Bonchev–Trinajstić information content (AvgIpc) is 3.02. The number of carbonyl (C=O) groups excluding carboxylic acids is 1. The zero-order valence-corrected chi connectivity index (χ0v) is 14.2. The van der Waals surface area contributed by atoms with E-state index < -0.39 is 0 Å². The van der Waals surface area contributed by atoms with Gasteiger partial charge in [-0.05, 0) is 41.7 Å². The molecule has 0 saturated carbocycles. The molecule has 0 radical (unpaired) electrons. The molecule has 7 nitrogen and oxygen atoms in total. The number of fused-ring (bicyclic) bond motifs is 1. The number of aromatic nitrogens is 4. The van der Waals surface area contributed by atoms with Crippen LogP contribution in [0.1, 0.15) is 49.4 Å². The van der Waals surface area contributed by atoms with Crippen LogP contribution in [-0.2, 0) is 21.6 Å². The van der Waals surface area contributed by atoms with Gasteiger partial charge in [-0.2, -0.15) is 0 Å². The van der Waals surface area contributed by atoms with Crippen molar-refractivity contribution in [1.82, 2.24) is 25.5 Å². The summed E-state index contributed by atoms with van der Waals surface area (Å²) in [7, 11) is 0. The second-order valence-corrected chi connectivity index (χ2v) is 6.86. The van der Waals surface area contributed by atoms with E-state index in [-0.39, 0.29) is 17.4 Å². The first-order chi connectivity index (χ1) is 12.3. The molecule has 1 aromatic heterocycles. The van der Waals surface area contributed by atoms with Gasteiger partial charge in [0.2, 0.25) is 5.91 Å². The highest BCUT2D eigenvalue weighted by Crippen LogP contribution is 2.34. The Bertz CT molecular complexity index is 724. The van der Waals surface area contributed by atoms with E-state index >= 15 is 0 Å². The molecule has 2 aliphatic heterocycles. The van der Waals surface area contributed by atoms with Gasteiger partial charge < -0.3 is 10.1 Å². The van der Waals surface area contributed by atoms with Crippen molar-refractivity contribution in [3.8, 4) is 0 Å². The van der Waals surface area contributed by atoms with Crippen molar-refractivity contribution in [2.75, 3.05) is 13.2 Å². The van der Waals surface area contributed by atoms with E-state index in [1.165, 1.54) is 0 Å². The number of amides is 1. The summed E-state index contributed by atoms with van der Waals surface area (Å²) in [4.78, 5) is 13.2. The lowest BCUT2D eigenvalue weighted by Gasteiger charge is -2.39. The van der Waals surface area contributed by atoms with Crippen LogP contribution in [0.5, 0.6) is 0 Å². The molecule has 0 unspecified atom stereocenters. The Labute approximate surface area is 146 Å². The summed E-state index contributed by atoms with van der Waals surface area (Å²) in [5.41, 5.74) is 0.765. The number of rotatable bonds is 3. The number of tetrazole rings is 1. The van der Waals surface area contributed by atoms with E-state index in [0.717, 1.165) is 44.2 Å². The molecule has 1 saturated heterocycles. The molecule has 2 aliphatic rings. The van der Waals surface area contributed by atoms with E-state index in [1.54, 1.807) is 4.68 Å². The Kier molecular flexibility index (Phi) is 4.48. The van der Waals surface area contributed by atoms with E-state index in [4.69, 9.17) is 4.74 Å². The largest absolute Gasteiger partial charge is 0.381 e. The molecule has 1 N–H and O–H groups in total. The fourth-order valence-electron chi connectivity index (χ4n) is 3.89. The number of hydrogen-bond acceptors (Lipinski definition) is 5. The second kappa shape index (κ2) is 6.92. The minimum absolute atomic E-state index is 0.0173. The van der Waals surface area contributed by atoms with E-state index in [0.29, 0.717) is 19.0 Å². The van der Waals surface area contributed by atoms with Crippen LogP contribution in [0.15, 0.2) is 30.3 Å². The summed E-state index contributed by atoms with van der Waals surface area (Å²) in [5, 5.41) is 15.3. The maximum Gasteiger partial charge on any atom is 0.231 e. The number of nitrogens with one attached hydrogen (secondary N) is 1. The monoisotopic (exact) mass is 341 g/mol. The minimum atomic E-state index is -0.374. The van der Waals surface area contributed by atoms with E-state index in [9.17, 15) is 4.79 Å². The SMILES string of the molecule is O=C(NC1(c2ccccc2)CCOCC1)[C@@H]1CCCCn2nnnc21. The highest BCUT2D eigenvalue weighted by molar-refractivity contribution is 5.83. The molecule has 25 heavy (non-hydrogen) atoms. The van der Waals surface area contributed by atoms with Gasteiger partial charge in [-0.3, -0.25) is 4.79 Å². The third-order valence-corrected chi connectivity index (χ3v) is 5.34. The number of carbonyl (C=O) groups is 1. The number of hydrogen-bond donors (Lipinski definition) is 1. The Morgan fingerprint density at radius 2 is 2.00 bits per heavy atom. The van der Waals surface area contributed by atoms with Crippen LogP contribution in [0, 0.1) is 0 Å². The van der Waals surface area contributed by atoms with Crippen molar-refractivity contribution in [2.24, 2.45) is 0 Å². The second-order valence-electron chi connectivity index (χ2n) is 6.86. The molecule has 3 heterocycles. The van der Waals surface area contributed by atoms with Crippen LogP contribution in [0.2, 0.25) is 0 Å². The molecule has 0 aliphatic carbocycles. The van der Waals surface area contributed by atoms with Crippen LogP contribution in [0.25, 0.3) is 0 Å². The van der Waals surface area contributed by atoms with Crippen LogP contribution in [0.4, 0.5) is 0 Å². The lowest BCUT2D eigenvalue weighted by atomic mass is 9.82. The Hall–Kier alpha value is -2.28. The number of benzene rings is 1. The Morgan fingerprint density at radius 1 is 1.20 bits per heavy atom. The van der Waals surface area contributed by atoms with Crippen molar-refractivity contribution in [1.29, 1.82) is 0 Å². The normalized spacial score (nSPS) is 22.6. The molecule has 1 atom stereocenters. The number of ether oxygens (including phenoxy) is 1. The topological polar surface area (TPSA) is 81.9 Å². The molecule has 0 bridgehead atoms. The van der Waals surface area contributed by atoms with Crippen molar-refractivity contribution >= 4 is 5.91 Å². The molecular weight excluding hydrogens is 318 g/mol. The average molecular weight is 341 g/mol. The quantitative estimate of drug-likeness (QED) is 0.920. The first-order valence-electron chi connectivity index (χ1n) is 9.00. The summed E-state index contributed by atoms with van der Waals surface area (Å²) in [6, 6.07) is 10.2. The lowest BCUT2D eigenvalue weighted by molar-refractivity contribution is -0.126. The summed E-state index contributed by atoms with van der Waals surface area (Å²) >= 11 is 0. The van der Waals surface area contributed by atoms with Crippen molar-refractivity contribution in [2.45, 2.75) is 50.1 Å². The summed E-state index contributed by atoms with van der Waals surface area (Å²) in [5.74, 6) is 0.412. The third kappa shape index (κ3) is 3.16. The van der Waals surface area contributed by atoms with Crippen molar-refractivity contribution in [3.05, 3.63) is 41.7 Å². The molecule has 2 aromatic rings. The van der Waals surface area contributed by atoms with Gasteiger partial charge in [0.25, 0.3) is 0 Å². The molecule has 1 aromatic carbocycles. The zero-order chi connectivity index (χ0) is 17.1. The van der Waals surface area contributed by atoms with Crippen LogP contribution >= 0.6 is 0 Å². The van der Waals surface area contributed by atoms with Crippen molar-refractivity contribution < 1.29 is 9.53 Å². The fourth-order valence-corrected chi connectivity index (χ4v) is 3.89. The molecule has 1 fully saturated rings. The zero-order valence-electron chi connectivity index (χ0n) is 14.2. The van der Waals surface area contributed by atoms with Gasteiger partial charge in [0.15, 0.2) is 5.82 Å². The molecule has 4 rings (SSSR count). The van der Waals surface area contributed by atoms with Gasteiger partial charge >= 0.3 is 0 Å². The molecule has 0 spiro atoms. The Morgan fingerprint density at radius 3 is 2.80 bits per heavy atom. The van der Waals surface area contributed by atoms with Gasteiger partial charge in [-0.25, -0.2) is 4.68 Å². The molecule has 132 valence electrons. The summed E-state index contributed by atoms with van der Waals surface area (Å²) in [6.45, 7) is 2.08. The fraction of sp³-hybridized carbons (Fsp3) is 0.556. The maximum absolute atomic E-state index is 13.2. The third-order valence-electron chi connectivity index (χ3n) is 5.34. The van der Waals surface area contributed by atoms with Crippen LogP contribution in [-0.4, -0.2) is 39.3 Å². The summed E-state index contributed by atoms with van der Waals surface area (Å²) in [6.07, 6.45) is 4.33. The van der Waals surface area contributed by atoms with Crippen LogP contribution in [0.3, 0.4) is 0 Å². The smallest absolute Gasteiger partial charge is 0.231 e. The maximum atomic E-state index is 13.2. The Balaban J connectivity index is 1.61. The highest BCUT2D eigenvalue weighted by Gasteiger charge is 2.39. The summed E-state index contributed by atoms with van der Waals surface area (Å²) < 4.78 is 7.32. The molecule has 7 heteroatoms. The standard InChI is InChI=1S/C18H23N5O2/c24-17(15-8-4-5-11-23-16(15)20-21-22-23)19-18(9-12-25-13-10-18)14-6-2-1-3-7-14/h1-3,6-7,15H,4-5,8-13H2,(H,19,24)/t15-/m1/s1. The van der Waals surface area contributed by atoms with Gasteiger partial charge in [0.1, 0.15) is 0 Å². The number of nitrogens with zero attached hydrogens (tertiary/aromatic N) is 4. The molecule has 1 amide bonds. The predicted octanol–water partition coefficient (Wildman–Crippen LogP) is 1.76.